The molecule has 1 atom stereocenters. The quantitative estimate of drug-likeness (QED) is 0.226. The molecular weight excluding hydrogens is 550 g/mol. The third-order valence-electron chi connectivity index (χ3n) is 6.43. The van der Waals surface area contributed by atoms with E-state index in [0.29, 0.717) is 17.2 Å². The second-order valence-corrected chi connectivity index (χ2v) is 10.4. The van der Waals surface area contributed by atoms with Gasteiger partial charge in [-0.05, 0) is 42.7 Å². The number of fused-ring (bicyclic) bond motifs is 1. The van der Waals surface area contributed by atoms with Gasteiger partial charge in [0.2, 0.25) is 11.8 Å². The van der Waals surface area contributed by atoms with Crippen molar-refractivity contribution in [1.29, 1.82) is 0 Å². The molecule has 3 amide bonds. The van der Waals surface area contributed by atoms with Crippen molar-refractivity contribution in [3.63, 3.8) is 0 Å². The van der Waals surface area contributed by atoms with E-state index in [0.717, 1.165) is 21.6 Å². The number of nitrogens with two attached hydrogens (primary N) is 2. The average Bonchev–Trinajstić information content (AvgIpc) is 3.40. The molecule has 228 valence electrons. The first kappa shape index (κ1) is 32.7. The molecule has 12 nitrogen and oxygen atoms in total. The van der Waals surface area contributed by atoms with Crippen LogP contribution in [0.4, 0.5) is 4.79 Å². The van der Waals surface area contributed by atoms with Gasteiger partial charge in [0.05, 0.1) is 24.4 Å². The minimum absolute atomic E-state index is 0. The van der Waals surface area contributed by atoms with Crippen LogP contribution in [0, 0.1) is 0 Å². The zero-order chi connectivity index (χ0) is 30.3. The van der Waals surface area contributed by atoms with Gasteiger partial charge in [-0.15, -0.1) is 10.2 Å². The Balaban J connectivity index is 0.00000506. The van der Waals surface area contributed by atoms with Gasteiger partial charge in [-0.25, -0.2) is 4.79 Å². The number of likely N-dealkylation sites (N-methyl/N-ethyl adjacent to an activating group) is 1. The molecule has 2 aromatic carbocycles. The topological polar surface area (TPSA) is 167 Å². The number of nitrogens with zero attached hydrogens (tertiary/aromatic N) is 4. The zero-order valence-electron chi connectivity index (χ0n) is 23.8. The molecule has 4 rings (SSSR count). The lowest BCUT2D eigenvalue weighted by Gasteiger charge is -2.24. The Morgan fingerprint density at radius 2 is 1.67 bits per heavy atom. The summed E-state index contributed by atoms with van der Waals surface area (Å²) in [6, 6.07) is 22.4. The van der Waals surface area contributed by atoms with Crippen molar-refractivity contribution >= 4 is 23.6 Å². The van der Waals surface area contributed by atoms with Crippen molar-refractivity contribution < 1.29 is 23.9 Å². The average molecular weight is 590 g/mol. The summed E-state index contributed by atoms with van der Waals surface area (Å²) in [7, 11) is 1.41. The van der Waals surface area contributed by atoms with Crippen LogP contribution >= 0.6 is 0 Å². The first-order valence-corrected chi connectivity index (χ1v) is 13.3. The highest BCUT2D eigenvalue weighted by molar-refractivity contribution is 5.85. The number of primary amides is 1. The van der Waals surface area contributed by atoms with Crippen LogP contribution in [0.1, 0.15) is 44.4 Å². The predicted octanol–water partition coefficient (Wildman–Crippen LogP) is 3.20. The van der Waals surface area contributed by atoms with E-state index in [4.69, 9.17) is 20.9 Å². The summed E-state index contributed by atoms with van der Waals surface area (Å²) in [5.74, 6) is -0.698. The third kappa shape index (κ3) is 8.37. The maximum atomic E-state index is 13.0. The SMILES string of the molecule is C.CN(CC(N)=O)C(=O)OCc1cccc2nnc([C@@H](COCc3ccccc3-c3ccccc3)NC(=O)C(C)(C)N)n12. The Morgan fingerprint density at radius 3 is 2.37 bits per heavy atom. The van der Waals surface area contributed by atoms with Gasteiger partial charge >= 0.3 is 6.09 Å². The van der Waals surface area contributed by atoms with E-state index in [1.807, 2.05) is 54.6 Å². The van der Waals surface area contributed by atoms with Gasteiger partial charge in [-0.2, -0.15) is 0 Å². The van der Waals surface area contributed by atoms with Gasteiger partial charge in [0.25, 0.3) is 0 Å². The molecule has 0 saturated carbocycles. The van der Waals surface area contributed by atoms with Crippen LogP contribution in [-0.2, 0) is 32.3 Å². The fourth-order valence-corrected chi connectivity index (χ4v) is 4.27. The second kappa shape index (κ2) is 14.4. The van der Waals surface area contributed by atoms with Gasteiger partial charge in [0.1, 0.15) is 19.2 Å². The van der Waals surface area contributed by atoms with E-state index in [1.54, 1.807) is 36.4 Å². The molecule has 0 fully saturated rings. The molecule has 5 N–H and O–H groups in total. The molecule has 0 unspecified atom stereocenters. The lowest BCUT2D eigenvalue weighted by Crippen LogP contribution is -2.51. The number of pyridine rings is 1. The van der Waals surface area contributed by atoms with Gasteiger partial charge in [-0.3, -0.25) is 14.0 Å². The fourth-order valence-electron chi connectivity index (χ4n) is 4.27. The van der Waals surface area contributed by atoms with Crippen molar-refractivity contribution in [3.05, 3.63) is 89.9 Å². The molecule has 12 heteroatoms. The Bertz CT molecular complexity index is 1550. The molecule has 0 aliphatic rings. The van der Waals surface area contributed by atoms with Gasteiger partial charge in [0.15, 0.2) is 11.5 Å². The largest absolute Gasteiger partial charge is 0.443 e. The highest BCUT2D eigenvalue weighted by Gasteiger charge is 2.29. The summed E-state index contributed by atoms with van der Waals surface area (Å²) >= 11 is 0. The summed E-state index contributed by atoms with van der Waals surface area (Å²) in [5.41, 5.74) is 14.2. The monoisotopic (exact) mass is 589 g/mol. The molecular formula is C31H39N7O5. The van der Waals surface area contributed by atoms with Crippen LogP contribution in [-0.4, -0.2) is 63.1 Å². The number of hydrogen-bond donors (Lipinski definition) is 3. The molecule has 2 aromatic heterocycles. The minimum Gasteiger partial charge on any atom is -0.443 e. The number of carbonyl (C=O) groups is 3. The summed E-state index contributed by atoms with van der Waals surface area (Å²) in [4.78, 5) is 37.6. The number of nitrogens with one attached hydrogen (secondary N) is 1. The number of amides is 3. The fraction of sp³-hybridized carbons (Fsp3) is 0.323. The first-order valence-electron chi connectivity index (χ1n) is 13.3. The summed E-state index contributed by atoms with van der Waals surface area (Å²) < 4.78 is 13.3. The molecule has 0 spiro atoms. The van der Waals surface area contributed by atoms with E-state index in [1.165, 1.54) is 7.05 Å². The molecule has 0 aliphatic carbocycles. The van der Waals surface area contributed by atoms with Crippen molar-refractivity contribution in [3.8, 4) is 11.1 Å². The predicted molar refractivity (Wildman–Crippen MR) is 162 cm³/mol. The number of hydrogen-bond acceptors (Lipinski definition) is 8. The number of aromatic nitrogens is 3. The smallest absolute Gasteiger partial charge is 0.410 e. The molecule has 0 saturated heterocycles. The summed E-state index contributed by atoms with van der Waals surface area (Å²) in [6.07, 6.45) is -0.726. The van der Waals surface area contributed by atoms with Crippen molar-refractivity contribution in [2.24, 2.45) is 11.5 Å². The van der Waals surface area contributed by atoms with Crippen LogP contribution in [0.25, 0.3) is 16.8 Å². The first-order chi connectivity index (χ1) is 20.0. The van der Waals surface area contributed by atoms with Crippen LogP contribution in [0.2, 0.25) is 0 Å². The standard InChI is InChI=1S/C30H35N7O5.CH4/c1-30(2,32)28(39)33-24(19-41-17-21-12-7-8-14-23(21)20-10-5-4-6-11-20)27-35-34-26-15-9-13-22(37(26)27)18-42-29(40)36(3)16-25(31)38;/h4-15,24H,16-19,32H2,1-3H3,(H2,31,38)(H,33,39);1H4/t24-;/m1./s1. The molecule has 4 aromatic rings. The minimum atomic E-state index is -1.16. The van der Waals surface area contributed by atoms with E-state index in [2.05, 4.69) is 15.5 Å². The van der Waals surface area contributed by atoms with E-state index >= 15 is 0 Å². The maximum Gasteiger partial charge on any atom is 0.410 e. The highest BCUT2D eigenvalue weighted by Crippen LogP contribution is 2.25. The highest BCUT2D eigenvalue weighted by atomic mass is 16.6. The zero-order valence-corrected chi connectivity index (χ0v) is 23.8. The molecule has 0 aliphatic heterocycles. The molecule has 0 radical (unpaired) electrons. The molecule has 2 heterocycles. The van der Waals surface area contributed by atoms with E-state index in [9.17, 15) is 14.4 Å². The Kier molecular flexibility index (Phi) is 10.9. The van der Waals surface area contributed by atoms with Gasteiger partial charge < -0.3 is 31.2 Å². The Morgan fingerprint density at radius 1 is 0.977 bits per heavy atom. The maximum absolute atomic E-state index is 13.0. The normalized spacial score (nSPS) is 11.8. The Hall–Kier alpha value is -4.81. The van der Waals surface area contributed by atoms with Crippen LogP contribution in [0.3, 0.4) is 0 Å². The lowest BCUT2D eigenvalue weighted by molar-refractivity contribution is -0.126. The van der Waals surface area contributed by atoms with E-state index < -0.39 is 29.5 Å². The van der Waals surface area contributed by atoms with Crippen molar-refractivity contribution in [1.82, 2.24) is 24.8 Å². The van der Waals surface area contributed by atoms with Crippen LogP contribution in [0.15, 0.2) is 72.8 Å². The van der Waals surface area contributed by atoms with E-state index in [-0.39, 0.29) is 33.8 Å². The number of rotatable bonds is 12. The Labute approximate surface area is 251 Å². The molecule has 43 heavy (non-hydrogen) atoms. The number of carbonyl (C=O) groups excluding carboxylic acids is 3. The number of benzene rings is 2. The van der Waals surface area contributed by atoms with Crippen molar-refractivity contribution in [2.75, 3.05) is 20.2 Å². The van der Waals surface area contributed by atoms with Gasteiger partial charge in [-0.1, -0.05) is 68.1 Å². The molecule has 0 bridgehead atoms. The van der Waals surface area contributed by atoms with Crippen molar-refractivity contribution in [2.45, 2.75) is 46.1 Å². The second-order valence-electron chi connectivity index (χ2n) is 10.4. The number of ether oxygens (including phenoxy) is 2. The van der Waals surface area contributed by atoms with Crippen LogP contribution in [0.5, 0.6) is 0 Å². The third-order valence-corrected chi connectivity index (χ3v) is 6.43. The lowest BCUT2D eigenvalue weighted by atomic mass is 10.0. The summed E-state index contributed by atoms with van der Waals surface area (Å²) in [5, 5.41) is 11.5. The van der Waals surface area contributed by atoms with Crippen LogP contribution < -0.4 is 16.8 Å². The van der Waals surface area contributed by atoms with Gasteiger partial charge in [0, 0.05) is 7.05 Å². The summed E-state index contributed by atoms with van der Waals surface area (Å²) in [6.45, 7) is 3.10.